The topological polar surface area (TPSA) is 56.7 Å². The fraction of sp³-hybridized carbons (Fsp3) is 0.429. The highest BCUT2D eigenvalue weighted by molar-refractivity contribution is 5.70. The molecule has 2 N–H and O–H groups in total. The number of anilines is 1. The van der Waals surface area contributed by atoms with Crippen molar-refractivity contribution in [2.45, 2.75) is 40.2 Å². The molecule has 0 amide bonds. The Morgan fingerprint density at radius 2 is 1.83 bits per heavy atom. The monoisotopic (exact) mass is 244 g/mol. The van der Waals surface area contributed by atoms with E-state index in [1.54, 1.807) is 0 Å². The van der Waals surface area contributed by atoms with Crippen molar-refractivity contribution < 1.29 is 0 Å². The Morgan fingerprint density at radius 3 is 2.28 bits per heavy atom. The average molecular weight is 244 g/mol. The Bertz CT molecular complexity index is 559. The molecule has 0 atom stereocenters. The molecule has 0 unspecified atom stereocenters. The van der Waals surface area contributed by atoms with Crippen molar-refractivity contribution in [3.63, 3.8) is 0 Å². The molecule has 0 saturated heterocycles. The predicted molar refractivity (Wildman–Crippen MR) is 74.3 cm³/mol. The van der Waals surface area contributed by atoms with E-state index in [2.05, 4.69) is 35.3 Å². The van der Waals surface area contributed by atoms with Crippen LogP contribution in [0, 0.1) is 13.8 Å². The number of pyridine rings is 1. The minimum Gasteiger partial charge on any atom is -0.383 e. The molecule has 0 aliphatic rings. The van der Waals surface area contributed by atoms with E-state index < -0.39 is 0 Å². The highest BCUT2D eigenvalue weighted by Crippen LogP contribution is 2.30. The molecule has 0 aliphatic heterocycles. The fourth-order valence-electron chi connectivity index (χ4n) is 2.22. The maximum atomic E-state index is 6.23. The van der Waals surface area contributed by atoms with Gasteiger partial charge in [-0.3, -0.25) is 4.98 Å². The average Bonchev–Trinajstić information content (AvgIpc) is 2.54. The quantitative estimate of drug-likeness (QED) is 0.839. The maximum absolute atomic E-state index is 6.23. The van der Waals surface area contributed by atoms with E-state index in [0.29, 0.717) is 5.82 Å². The lowest BCUT2D eigenvalue weighted by Crippen LogP contribution is -2.24. The second-order valence-electron chi connectivity index (χ2n) is 5.59. The van der Waals surface area contributed by atoms with Crippen LogP contribution in [-0.2, 0) is 5.54 Å². The van der Waals surface area contributed by atoms with Gasteiger partial charge >= 0.3 is 0 Å². The summed E-state index contributed by atoms with van der Waals surface area (Å²) in [7, 11) is 0. The third-order valence-electron chi connectivity index (χ3n) is 2.94. The molecule has 0 radical (unpaired) electrons. The van der Waals surface area contributed by atoms with Crippen LogP contribution in [0.15, 0.2) is 18.3 Å². The Morgan fingerprint density at radius 1 is 1.17 bits per heavy atom. The van der Waals surface area contributed by atoms with Crippen molar-refractivity contribution in [1.82, 2.24) is 14.5 Å². The van der Waals surface area contributed by atoms with Crippen molar-refractivity contribution in [2.75, 3.05) is 5.73 Å². The normalized spacial score (nSPS) is 11.8. The van der Waals surface area contributed by atoms with Crippen LogP contribution >= 0.6 is 0 Å². The van der Waals surface area contributed by atoms with Crippen molar-refractivity contribution in [2.24, 2.45) is 0 Å². The first-order valence-corrected chi connectivity index (χ1v) is 6.09. The molecule has 2 heterocycles. The molecule has 0 bridgehead atoms. The van der Waals surface area contributed by atoms with Gasteiger partial charge in [-0.15, -0.1) is 0 Å². The maximum Gasteiger partial charge on any atom is 0.132 e. The fourth-order valence-corrected chi connectivity index (χ4v) is 2.22. The first kappa shape index (κ1) is 12.6. The highest BCUT2D eigenvalue weighted by Gasteiger charge is 2.22. The molecule has 2 aromatic rings. The first-order valence-electron chi connectivity index (χ1n) is 6.09. The van der Waals surface area contributed by atoms with Gasteiger partial charge in [-0.2, -0.15) is 0 Å². The molecule has 4 heteroatoms. The number of hydrogen-bond acceptors (Lipinski definition) is 3. The van der Waals surface area contributed by atoms with E-state index in [4.69, 9.17) is 5.73 Å². The summed E-state index contributed by atoms with van der Waals surface area (Å²) in [5.41, 5.74) is 8.93. The summed E-state index contributed by atoms with van der Waals surface area (Å²) in [6.45, 7) is 10.3. The smallest absolute Gasteiger partial charge is 0.132 e. The largest absolute Gasteiger partial charge is 0.383 e. The van der Waals surface area contributed by atoms with Crippen LogP contribution in [0.5, 0.6) is 0 Å². The second-order valence-corrected chi connectivity index (χ2v) is 5.59. The van der Waals surface area contributed by atoms with E-state index in [1.807, 2.05) is 32.2 Å². The number of aryl methyl sites for hydroxylation is 2. The minimum atomic E-state index is -0.0719. The lowest BCUT2D eigenvalue weighted by molar-refractivity contribution is 0.393. The number of hydrogen-bond donors (Lipinski definition) is 1. The van der Waals surface area contributed by atoms with Gasteiger partial charge in [0.1, 0.15) is 17.3 Å². The van der Waals surface area contributed by atoms with E-state index in [9.17, 15) is 0 Å². The molecule has 0 aliphatic carbocycles. The molecular formula is C14H20N4. The summed E-state index contributed by atoms with van der Waals surface area (Å²) in [5.74, 6) is 1.63. The Kier molecular flexibility index (Phi) is 2.89. The lowest BCUT2D eigenvalue weighted by Gasteiger charge is -2.24. The molecule has 0 fully saturated rings. The molecule has 0 saturated carbocycles. The van der Waals surface area contributed by atoms with Gasteiger partial charge in [0.15, 0.2) is 0 Å². The number of nitrogens with zero attached hydrogens (tertiary/aromatic N) is 3. The molecule has 4 nitrogen and oxygen atoms in total. The molecule has 0 spiro atoms. The SMILES string of the molecule is Cc1ccc(-c2nc(C)n(C(C)(C)C)c2N)cn1. The zero-order valence-electron chi connectivity index (χ0n) is 11.7. The van der Waals surface area contributed by atoms with Gasteiger partial charge in [0.2, 0.25) is 0 Å². The third kappa shape index (κ3) is 2.10. The summed E-state index contributed by atoms with van der Waals surface area (Å²) in [4.78, 5) is 8.87. The van der Waals surface area contributed by atoms with Crippen LogP contribution in [0.4, 0.5) is 5.82 Å². The van der Waals surface area contributed by atoms with Crippen molar-refractivity contribution >= 4 is 5.82 Å². The van der Waals surface area contributed by atoms with Crippen LogP contribution < -0.4 is 5.73 Å². The van der Waals surface area contributed by atoms with Gasteiger partial charge < -0.3 is 10.3 Å². The predicted octanol–water partition coefficient (Wildman–Crippen LogP) is 2.90. The Balaban J connectivity index is 2.57. The number of nitrogens with two attached hydrogens (primary N) is 1. The van der Waals surface area contributed by atoms with Gasteiger partial charge in [-0.05, 0) is 46.8 Å². The van der Waals surface area contributed by atoms with Crippen molar-refractivity contribution in [3.05, 3.63) is 29.8 Å². The van der Waals surface area contributed by atoms with Crippen LogP contribution in [0.3, 0.4) is 0 Å². The van der Waals surface area contributed by atoms with Gasteiger partial charge in [-0.25, -0.2) is 4.98 Å². The van der Waals surface area contributed by atoms with E-state index >= 15 is 0 Å². The highest BCUT2D eigenvalue weighted by atomic mass is 15.2. The molecule has 96 valence electrons. The molecule has 2 rings (SSSR count). The molecule has 0 aromatic carbocycles. The summed E-state index contributed by atoms with van der Waals surface area (Å²) in [6, 6.07) is 3.98. The summed E-state index contributed by atoms with van der Waals surface area (Å²) < 4.78 is 2.06. The van der Waals surface area contributed by atoms with Crippen LogP contribution in [-0.4, -0.2) is 14.5 Å². The number of nitrogen functional groups attached to an aromatic ring is 1. The Hall–Kier alpha value is -1.84. The number of rotatable bonds is 1. The zero-order valence-corrected chi connectivity index (χ0v) is 11.7. The van der Waals surface area contributed by atoms with Gasteiger partial charge in [-0.1, -0.05) is 0 Å². The lowest BCUT2D eigenvalue weighted by atomic mass is 10.1. The number of imidazole rings is 1. The van der Waals surface area contributed by atoms with E-state index in [1.165, 1.54) is 0 Å². The van der Waals surface area contributed by atoms with Gasteiger partial charge in [0.05, 0.1) is 0 Å². The second kappa shape index (κ2) is 4.12. The van der Waals surface area contributed by atoms with Gasteiger partial charge in [0, 0.05) is 23.0 Å². The van der Waals surface area contributed by atoms with Crippen molar-refractivity contribution in [3.8, 4) is 11.3 Å². The van der Waals surface area contributed by atoms with Crippen molar-refractivity contribution in [1.29, 1.82) is 0 Å². The van der Waals surface area contributed by atoms with Gasteiger partial charge in [0.25, 0.3) is 0 Å². The summed E-state index contributed by atoms with van der Waals surface area (Å²) in [6.07, 6.45) is 1.82. The minimum absolute atomic E-state index is 0.0719. The summed E-state index contributed by atoms with van der Waals surface area (Å²) >= 11 is 0. The van der Waals surface area contributed by atoms with E-state index in [-0.39, 0.29) is 5.54 Å². The molecular weight excluding hydrogens is 224 g/mol. The molecule has 2 aromatic heterocycles. The third-order valence-corrected chi connectivity index (χ3v) is 2.94. The van der Waals surface area contributed by atoms with E-state index in [0.717, 1.165) is 22.8 Å². The molecule has 18 heavy (non-hydrogen) atoms. The number of aromatic nitrogens is 3. The van der Waals surface area contributed by atoms with Crippen LogP contribution in [0.1, 0.15) is 32.3 Å². The first-order chi connectivity index (χ1) is 8.30. The van der Waals surface area contributed by atoms with Crippen LogP contribution in [0.2, 0.25) is 0 Å². The Labute approximate surface area is 108 Å². The standard InChI is InChI=1S/C14H20N4/c1-9-6-7-11(8-16-9)12-13(15)18(10(2)17-12)14(3,4)5/h6-8H,15H2,1-5H3. The zero-order chi connectivity index (χ0) is 13.5. The summed E-state index contributed by atoms with van der Waals surface area (Å²) in [5, 5.41) is 0. The van der Waals surface area contributed by atoms with Crippen LogP contribution in [0.25, 0.3) is 11.3 Å².